The van der Waals surface area contributed by atoms with E-state index in [1.807, 2.05) is 11.6 Å². The molecule has 0 fully saturated rings. The summed E-state index contributed by atoms with van der Waals surface area (Å²) in [7, 11) is 0. The molecule has 0 aromatic carbocycles. The summed E-state index contributed by atoms with van der Waals surface area (Å²) in [6.45, 7) is 6.38. The van der Waals surface area contributed by atoms with Gasteiger partial charge in [0.05, 0.1) is 6.04 Å². The second-order valence-corrected chi connectivity index (χ2v) is 5.71. The van der Waals surface area contributed by atoms with Crippen LogP contribution in [0.15, 0.2) is 11.6 Å². The Balaban J connectivity index is 2.20. The summed E-state index contributed by atoms with van der Waals surface area (Å²) in [5.74, 6) is 0.803. The molecule has 3 N–H and O–H groups in total. The van der Waals surface area contributed by atoms with Crippen LogP contribution in [0.3, 0.4) is 0 Å². The van der Waals surface area contributed by atoms with Crippen molar-refractivity contribution >= 4 is 11.3 Å². The number of nitrogens with two attached hydrogens (primary N) is 1. The summed E-state index contributed by atoms with van der Waals surface area (Å²) in [4.78, 5) is 4.39. The van der Waals surface area contributed by atoms with Gasteiger partial charge in [-0.3, -0.25) is 0 Å². The fourth-order valence-corrected chi connectivity index (χ4v) is 3.07. The minimum absolute atomic E-state index is 0.430. The van der Waals surface area contributed by atoms with Gasteiger partial charge in [-0.15, -0.1) is 11.3 Å². The van der Waals surface area contributed by atoms with E-state index < -0.39 is 0 Å². The van der Waals surface area contributed by atoms with E-state index in [-0.39, 0.29) is 0 Å². The van der Waals surface area contributed by atoms with Crippen molar-refractivity contribution in [3.63, 3.8) is 0 Å². The van der Waals surface area contributed by atoms with Crippen molar-refractivity contribution in [3.05, 3.63) is 16.6 Å². The second-order valence-electron chi connectivity index (χ2n) is 4.78. The predicted octanol–water partition coefficient (Wildman–Crippen LogP) is 3.34. The van der Waals surface area contributed by atoms with Crippen LogP contribution in [0.1, 0.15) is 57.0 Å². The number of nitrogens with zero attached hydrogens (tertiary/aromatic N) is 1. The van der Waals surface area contributed by atoms with E-state index in [4.69, 9.17) is 5.73 Å². The molecule has 0 bridgehead atoms. The van der Waals surface area contributed by atoms with Crippen LogP contribution in [0.5, 0.6) is 0 Å². The first-order chi connectivity index (χ1) is 8.81. The molecule has 1 rings (SSSR count). The van der Waals surface area contributed by atoms with Gasteiger partial charge in [0.1, 0.15) is 5.01 Å². The molecule has 0 saturated carbocycles. The maximum Gasteiger partial charge on any atom is 0.109 e. The van der Waals surface area contributed by atoms with Crippen molar-refractivity contribution < 1.29 is 0 Å². The molecule has 1 aromatic heterocycles. The maximum absolute atomic E-state index is 5.62. The lowest BCUT2D eigenvalue weighted by Gasteiger charge is -2.16. The smallest absolute Gasteiger partial charge is 0.109 e. The Labute approximate surface area is 115 Å². The van der Waals surface area contributed by atoms with Gasteiger partial charge in [-0.2, -0.15) is 0 Å². The number of rotatable bonds is 10. The molecule has 0 amide bonds. The summed E-state index contributed by atoms with van der Waals surface area (Å²) in [5, 5.41) is 6.87. The molecule has 0 radical (unpaired) electrons. The SMILES string of the molecule is CCC(CCN)CCCNC(CC)c1nccs1. The van der Waals surface area contributed by atoms with Crippen LogP contribution in [-0.2, 0) is 0 Å². The number of thiazole rings is 1. The number of nitrogens with one attached hydrogen (secondary N) is 1. The molecule has 0 aliphatic carbocycles. The van der Waals surface area contributed by atoms with Crippen LogP contribution >= 0.6 is 11.3 Å². The fraction of sp³-hybridized carbons (Fsp3) is 0.786. The van der Waals surface area contributed by atoms with Crippen molar-refractivity contribution in [1.82, 2.24) is 10.3 Å². The van der Waals surface area contributed by atoms with E-state index in [1.54, 1.807) is 11.3 Å². The molecule has 2 unspecified atom stereocenters. The molecule has 4 heteroatoms. The maximum atomic E-state index is 5.62. The van der Waals surface area contributed by atoms with Crippen molar-refractivity contribution in [2.45, 2.75) is 52.0 Å². The first-order valence-corrected chi connectivity index (χ1v) is 8.02. The molecule has 0 aliphatic rings. The highest BCUT2D eigenvalue weighted by atomic mass is 32.1. The lowest BCUT2D eigenvalue weighted by atomic mass is 9.97. The number of hydrogen-bond acceptors (Lipinski definition) is 4. The molecule has 104 valence electrons. The molecular formula is C14H27N3S. The van der Waals surface area contributed by atoms with Crippen molar-refractivity contribution in [2.75, 3.05) is 13.1 Å². The molecule has 0 aliphatic heterocycles. The molecule has 3 nitrogen and oxygen atoms in total. The molecule has 2 atom stereocenters. The second kappa shape index (κ2) is 9.48. The van der Waals surface area contributed by atoms with Gasteiger partial charge in [-0.1, -0.05) is 20.3 Å². The van der Waals surface area contributed by atoms with Gasteiger partial charge in [0.15, 0.2) is 0 Å². The van der Waals surface area contributed by atoms with Crippen LogP contribution in [0.2, 0.25) is 0 Å². The monoisotopic (exact) mass is 269 g/mol. The van der Waals surface area contributed by atoms with Crippen LogP contribution in [0, 0.1) is 5.92 Å². The first kappa shape index (κ1) is 15.6. The average Bonchev–Trinajstić information content (AvgIpc) is 2.91. The van der Waals surface area contributed by atoms with Crippen LogP contribution in [0.25, 0.3) is 0 Å². The number of aromatic nitrogens is 1. The van der Waals surface area contributed by atoms with Crippen LogP contribution in [-0.4, -0.2) is 18.1 Å². The highest BCUT2D eigenvalue weighted by molar-refractivity contribution is 7.09. The van der Waals surface area contributed by atoms with E-state index in [1.165, 1.54) is 30.7 Å². The Morgan fingerprint density at radius 1 is 1.33 bits per heavy atom. The van der Waals surface area contributed by atoms with E-state index in [0.717, 1.165) is 25.4 Å². The Hall–Kier alpha value is -0.450. The topological polar surface area (TPSA) is 50.9 Å². The normalized spacial score (nSPS) is 14.6. The zero-order valence-electron chi connectivity index (χ0n) is 11.7. The Bertz CT molecular complexity index is 287. The summed E-state index contributed by atoms with van der Waals surface area (Å²) >= 11 is 1.74. The summed E-state index contributed by atoms with van der Waals surface area (Å²) in [5.41, 5.74) is 5.62. The summed E-state index contributed by atoms with van der Waals surface area (Å²) < 4.78 is 0. The molecule has 1 heterocycles. The standard InChI is InChI=1S/C14H27N3S/c1-3-12(7-8-15)6-5-9-16-13(4-2)14-17-10-11-18-14/h10-13,16H,3-9,15H2,1-2H3. The van der Waals surface area contributed by atoms with Crippen molar-refractivity contribution in [3.8, 4) is 0 Å². The molecule has 0 spiro atoms. The minimum atomic E-state index is 0.430. The fourth-order valence-electron chi connectivity index (χ4n) is 2.27. The van der Waals surface area contributed by atoms with E-state index >= 15 is 0 Å². The van der Waals surface area contributed by atoms with Crippen LogP contribution < -0.4 is 11.1 Å². The zero-order chi connectivity index (χ0) is 13.2. The van der Waals surface area contributed by atoms with Gasteiger partial charge >= 0.3 is 0 Å². The highest BCUT2D eigenvalue weighted by Crippen LogP contribution is 2.19. The van der Waals surface area contributed by atoms with Gasteiger partial charge in [-0.25, -0.2) is 4.98 Å². The van der Waals surface area contributed by atoms with E-state index in [0.29, 0.717) is 6.04 Å². The predicted molar refractivity (Wildman–Crippen MR) is 79.8 cm³/mol. The number of hydrogen-bond donors (Lipinski definition) is 2. The Morgan fingerprint density at radius 2 is 2.17 bits per heavy atom. The summed E-state index contributed by atoms with van der Waals surface area (Å²) in [6.07, 6.45) is 7.93. The average molecular weight is 269 g/mol. The van der Waals surface area contributed by atoms with Gasteiger partial charge in [0.2, 0.25) is 0 Å². The van der Waals surface area contributed by atoms with E-state index in [2.05, 4.69) is 24.1 Å². The van der Waals surface area contributed by atoms with Gasteiger partial charge in [0.25, 0.3) is 0 Å². The molecule has 1 aromatic rings. The Morgan fingerprint density at radius 3 is 2.72 bits per heavy atom. The van der Waals surface area contributed by atoms with Gasteiger partial charge in [-0.05, 0) is 44.7 Å². The zero-order valence-corrected chi connectivity index (χ0v) is 12.5. The quantitative estimate of drug-likeness (QED) is 0.641. The van der Waals surface area contributed by atoms with Crippen LogP contribution in [0.4, 0.5) is 0 Å². The largest absolute Gasteiger partial charge is 0.330 e. The third kappa shape index (κ3) is 5.46. The Kier molecular flexibility index (Phi) is 8.22. The lowest BCUT2D eigenvalue weighted by Crippen LogP contribution is -2.22. The van der Waals surface area contributed by atoms with Crippen molar-refractivity contribution in [2.24, 2.45) is 11.7 Å². The lowest BCUT2D eigenvalue weighted by molar-refractivity contribution is 0.409. The third-order valence-corrected chi connectivity index (χ3v) is 4.38. The van der Waals surface area contributed by atoms with Gasteiger partial charge < -0.3 is 11.1 Å². The molecule has 18 heavy (non-hydrogen) atoms. The summed E-state index contributed by atoms with van der Waals surface area (Å²) in [6, 6.07) is 0.430. The molecule has 0 saturated heterocycles. The third-order valence-electron chi connectivity index (χ3n) is 3.49. The minimum Gasteiger partial charge on any atom is -0.330 e. The molecular weight excluding hydrogens is 242 g/mol. The highest BCUT2D eigenvalue weighted by Gasteiger charge is 2.11. The van der Waals surface area contributed by atoms with Crippen molar-refractivity contribution in [1.29, 1.82) is 0 Å². The van der Waals surface area contributed by atoms with E-state index in [9.17, 15) is 0 Å². The van der Waals surface area contributed by atoms with Gasteiger partial charge in [0, 0.05) is 11.6 Å². The first-order valence-electron chi connectivity index (χ1n) is 7.14.